The monoisotopic (exact) mass is 276 g/mol. The number of unbranched alkanes of at least 4 members (excludes halogenated alkanes) is 3. The molecular formula is C12H20O7. The Morgan fingerprint density at radius 3 is 1.37 bits per heavy atom. The molecule has 7 nitrogen and oxygen atoms in total. The summed E-state index contributed by atoms with van der Waals surface area (Å²) in [6, 6.07) is 0. The molecule has 0 unspecified atom stereocenters. The predicted octanol–water partition coefficient (Wildman–Crippen LogP) is -0.300. The van der Waals surface area contributed by atoms with E-state index in [1.807, 2.05) is 0 Å². The summed E-state index contributed by atoms with van der Waals surface area (Å²) >= 11 is 0. The Morgan fingerprint density at radius 2 is 1.11 bits per heavy atom. The average molecular weight is 276 g/mol. The molecule has 4 rings (SSSR count). The Labute approximate surface area is 111 Å². The minimum Gasteiger partial charge on any atom is -0.396 e. The number of aliphatic hydroxyl groups is 2. The Morgan fingerprint density at radius 1 is 0.737 bits per heavy atom. The molecule has 0 aromatic carbocycles. The maximum atomic E-state index is 8.30. The summed E-state index contributed by atoms with van der Waals surface area (Å²) in [4.78, 5) is 0. The van der Waals surface area contributed by atoms with Crippen LogP contribution < -0.4 is 0 Å². The van der Waals surface area contributed by atoms with Crippen LogP contribution in [0.25, 0.3) is 0 Å². The highest BCUT2D eigenvalue weighted by molar-refractivity contribution is 5.05. The largest absolute Gasteiger partial charge is 0.396 e. The van der Waals surface area contributed by atoms with E-state index in [4.69, 9.17) is 33.9 Å². The fourth-order valence-corrected chi connectivity index (χ4v) is 1.79. The van der Waals surface area contributed by atoms with E-state index in [0.717, 1.165) is 25.7 Å². The van der Waals surface area contributed by atoms with E-state index in [0.29, 0.717) is 13.2 Å². The summed E-state index contributed by atoms with van der Waals surface area (Å²) in [5.41, 5.74) is 0. The van der Waals surface area contributed by atoms with E-state index in [9.17, 15) is 0 Å². The molecule has 4 saturated heterocycles. The highest BCUT2D eigenvalue weighted by Gasteiger charge is 2.80. The van der Waals surface area contributed by atoms with E-state index < -0.39 is 0 Å². The summed E-state index contributed by atoms with van der Waals surface area (Å²) in [5.74, 6) is -0.703. The Bertz CT molecular complexity index is 279. The molecule has 2 N–H and O–H groups in total. The standard InChI is InChI=1S/C6H6O5.C6H14O2/c1(5-3(8-5)9-5)7-2-6-4(10-6)11-6;7-5-3-1-2-4-6-8/h3-4H,1-2H2;7-8H,1-6H2. The van der Waals surface area contributed by atoms with Crippen molar-refractivity contribution in [1.82, 2.24) is 0 Å². The van der Waals surface area contributed by atoms with Crippen LogP contribution in [0.2, 0.25) is 0 Å². The van der Waals surface area contributed by atoms with Gasteiger partial charge in [0.2, 0.25) is 24.2 Å². The molecule has 4 fully saturated rings. The van der Waals surface area contributed by atoms with E-state index in [1.165, 1.54) is 0 Å². The summed E-state index contributed by atoms with van der Waals surface area (Å²) in [7, 11) is 0. The number of hydrogen-bond donors (Lipinski definition) is 2. The molecule has 0 aliphatic carbocycles. The zero-order chi connectivity index (χ0) is 13.3. The van der Waals surface area contributed by atoms with E-state index in [1.54, 1.807) is 0 Å². The van der Waals surface area contributed by atoms with Gasteiger partial charge in [0.1, 0.15) is 13.2 Å². The van der Waals surface area contributed by atoms with Crippen molar-refractivity contribution in [3.63, 3.8) is 0 Å². The zero-order valence-electron chi connectivity index (χ0n) is 10.7. The zero-order valence-corrected chi connectivity index (χ0v) is 10.7. The van der Waals surface area contributed by atoms with Gasteiger partial charge >= 0.3 is 0 Å². The minimum atomic E-state index is -0.351. The first-order valence-corrected chi connectivity index (χ1v) is 6.75. The van der Waals surface area contributed by atoms with Crippen LogP contribution in [0, 0.1) is 0 Å². The van der Waals surface area contributed by atoms with Crippen LogP contribution in [0.3, 0.4) is 0 Å². The number of fused-ring (bicyclic) bond motifs is 2. The molecule has 0 saturated carbocycles. The van der Waals surface area contributed by atoms with Crippen molar-refractivity contribution in [2.24, 2.45) is 0 Å². The summed E-state index contributed by atoms with van der Waals surface area (Å²) in [6.07, 6.45) is 3.88. The first-order valence-electron chi connectivity index (χ1n) is 6.75. The van der Waals surface area contributed by atoms with Crippen molar-refractivity contribution < 1.29 is 33.9 Å². The van der Waals surface area contributed by atoms with Crippen LogP contribution in [0.1, 0.15) is 25.7 Å². The molecule has 0 atom stereocenters. The highest BCUT2D eigenvalue weighted by Crippen LogP contribution is 2.58. The van der Waals surface area contributed by atoms with Gasteiger partial charge in [-0.1, -0.05) is 12.8 Å². The van der Waals surface area contributed by atoms with Crippen LogP contribution in [0.15, 0.2) is 0 Å². The third-order valence-electron chi connectivity index (χ3n) is 3.39. The Kier molecular flexibility index (Phi) is 3.78. The lowest BCUT2D eigenvalue weighted by atomic mass is 10.2. The number of epoxide rings is 4. The normalized spacial score (nSPS) is 42.6. The molecule has 0 aromatic rings. The first-order chi connectivity index (χ1) is 9.25. The van der Waals surface area contributed by atoms with E-state index >= 15 is 0 Å². The molecule has 0 bridgehead atoms. The van der Waals surface area contributed by atoms with Gasteiger partial charge in [-0.05, 0) is 12.8 Å². The molecule has 0 aromatic heterocycles. The van der Waals surface area contributed by atoms with E-state index in [-0.39, 0.29) is 37.4 Å². The second kappa shape index (κ2) is 5.25. The first kappa shape index (κ1) is 13.7. The van der Waals surface area contributed by atoms with Crippen LogP contribution >= 0.6 is 0 Å². The minimum absolute atomic E-state index is 0.0241. The number of hydrogen-bond acceptors (Lipinski definition) is 7. The van der Waals surface area contributed by atoms with Gasteiger partial charge in [-0.15, -0.1) is 0 Å². The van der Waals surface area contributed by atoms with E-state index in [2.05, 4.69) is 0 Å². The van der Waals surface area contributed by atoms with Crippen LogP contribution in [0.4, 0.5) is 0 Å². The highest BCUT2D eigenvalue weighted by atomic mass is 17.0. The fraction of sp³-hybridized carbons (Fsp3) is 1.00. The van der Waals surface area contributed by atoms with Gasteiger partial charge in [-0.3, -0.25) is 0 Å². The van der Waals surface area contributed by atoms with Crippen molar-refractivity contribution in [1.29, 1.82) is 0 Å². The Hall–Kier alpha value is -0.280. The third-order valence-corrected chi connectivity index (χ3v) is 3.39. The third kappa shape index (κ3) is 3.25. The number of aliphatic hydroxyl groups excluding tert-OH is 2. The SMILES string of the molecule is C(OCC12OC1O2)C12OC1O2.OCCCCCCO. The lowest BCUT2D eigenvalue weighted by Crippen LogP contribution is -2.16. The fourth-order valence-electron chi connectivity index (χ4n) is 1.79. The van der Waals surface area contributed by atoms with Gasteiger partial charge in [0.05, 0.1) is 0 Å². The van der Waals surface area contributed by atoms with Crippen LogP contribution in [-0.4, -0.2) is 60.8 Å². The van der Waals surface area contributed by atoms with Crippen LogP contribution in [-0.2, 0) is 23.7 Å². The molecule has 4 aliphatic heterocycles. The maximum Gasteiger partial charge on any atom is 0.249 e. The quantitative estimate of drug-likeness (QED) is 0.440. The average Bonchev–Trinajstić information content (AvgIpc) is 3.13. The van der Waals surface area contributed by atoms with Crippen molar-refractivity contribution in [3.8, 4) is 0 Å². The summed E-state index contributed by atoms with van der Waals surface area (Å²) in [6.45, 7) is 1.56. The van der Waals surface area contributed by atoms with Gasteiger partial charge in [0.25, 0.3) is 0 Å². The summed E-state index contributed by atoms with van der Waals surface area (Å²) in [5, 5.41) is 16.6. The van der Waals surface area contributed by atoms with Crippen molar-refractivity contribution in [3.05, 3.63) is 0 Å². The summed E-state index contributed by atoms with van der Waals surface area (Å²) < 4.78 is 25.3. The molecule has 19 heavy (non-hydrogen) atoms. The van der Waals surface area contributed by atoms with Crippen molar-refractivity contribution in [2.45, 2.75) is 49.8 Å². The number of ether oxygens (including phenoxy) is 5. The maximum absolute atomic E-state index is 8.30. The molecule has 4 aliphatic rings. The molecule has 110 valence electrons. The smallest absolute Gasteiger partial charge is 0.249 e. The Balaban J connectivity index is 0.000000125. The van der Waals surface area contributed by atoms with Gasteiger partial charge in [-0.2, -0.15) is 0 Å². The molecule has 7 heteroatoms. The second-order valence-corrected chi connectivity index (χ2v) is 5.11. The topological polar surface area (TPSA) is 99.8 Å². The predicted molar refractivity (Wildman–Crippen MR) is 60.8 cm³/mol. The van der Waals surface area contributed by atoms with Gasteiger partial charge in [0.15, 0.2) is 0 Å². The molecule has 0 amide bonds. The molecule has 0 radical (unpaired) electrons. The molecular weight excluding hydrogens is 256 g/mol. The van der Waals surface area contributed by atoms with Gasteiger partial charge in [0, 0.05) is 13.2 Å². The lowest BCUT2D eigenvalue weighted by molar-refractivity contribution is -0.119. The lowest BCUT2D eigenvalue weighted by Gasteiger charge is -2.02. The molecule has 0 spiro atoms. The van der Waals surface area contributed by atoms with Crippen molar-refractivity contribution in [2.75, 3.05) is 26.4 Å². The molecule has 4 heterocycles. The number of rotatable bonds is 9. The van der Waals surface area contributed by atoms with Gasteiger partial charge in [-0.25, -0.2) is 0 Å². The van der Waals surface area contributed by atoms with Gasteiger partial charge < -0.3 is 33.9 Å². The second-order valence-electron chi connectivity index (χ2n) is 5.11. The van der Waals surface area contributed by atoms with Crippen LogP contribution in [0.5, 0.6) is 0 Å². The van der Waals surface area contributed by atoms with Crippen molar-refractivity contribution >= 4 is 0 Å².